The lowest BCUT2D eigenvalue weighted by atomic mass is 10.4. The Bertz CT molecular complexity index is 365. The van der Waals surface area contributed by atoms with Gasteiger partial charge >= 0.3 is 0 Å². The number of aromatic nitrogens is 3. The number of hydrogen-bond acceptors (Lipinski definition) is 3. The van der Waals surface area contributed by atoms with Crippen molar-refractivity contribution in [2.45, 2.75) is 13.8 Å². The van der Waals surface area contributed by atoms with Crippen molar-refractivity contribution in [2.75, 3.05) is 5.32 Å². The predicted molar refractivity (Wildman–Crippen MR) is 53.7 cm³/mol. The third-order valence-electron chi connectivity index (χ3n) is 1.38. The molecule has 0 aromatic carbocycles. The fourth-order valence-electron chi connectivity index (χ4n) is 0.805. The standard InChI is InChI=1S/C9H12N4O/c1-3-4-5-6-8(14)11-9-10-7(2)12-13-9/h3-6H,1-2H3,(H2,10,11,12,13,14). The summed E-state index contributed by atoms with van der Waals surface area (Å²) < 4.78 is 0. The first-order valence-corrected chi connectivity index (χ1v) is 4.21. The van der Waals surface area contributed by atoms with Gasteiger partial charge in [-0.2, -0.15) is 4.98 Å². The third kappa shape index (κ3) is 3.22. The van der Waals surface area contributed by atoms with Gasteiger partial charge < -0.3 is 0 Å². The molecule has 0 aliphatic carbocycles. The number of amides is 1. The van der Waals surface area contributed by atoms with E-state index in [2.05, 4.69) is 20.5 Å². The summed E-state index contributed by atoms with van der Waals surface area (Å²) in [6, 6.07) is 0. The number of nitrogens with one attached hydrogen (secondary N) is 2. The normalized spacial score (nSPS) is 11.3. The van der Waals surface area contributed by atoms with E-state index >= 15 is 0 Å². The largest absolute Gasteiger partial charge is 0.290 e. The number of hydrogen-bond donors (Lipinski definition) is 2. The van der Waals surface area contributed by atoms with Crippen LogP contribution in [0.4, 0.5) is 5.95 Å². The average molecular weight is 192 g/mol. The fourth-order valence-corrected chi connectivity index (χ4v) is 0.805. The molecule has 1 aromatic rings. The van der Waals surface area contributed by atoms with E-state index in [9.17, 15) is 4.79 Å². The Hall–Kier alpha value is -1.91. The summed E-state index contributed by atoms with van der Waals surface area (Å²) in [5.41, 5.74) is 0. The maximum atomic E-state index is 11.2. The highest BCUT2D eigenvalue weighted by Gasteiger charge is 2.01. The first-order valence-electron chi connectivity index (χ1n) is 4.21. The minimum absolute atomic E-state index is 0.248. The first-order chi connectivity index (χ1) is 6.72. The van der Waals surface area contributed by atoms with Gasteiger partial charge in [0, 0.05) is 6.08 Å². The molecule has 2 N–H and O–H groups in total. The van der Waals surface area contributed by atoms with Crippen LogP contribution in [0.15, 0.2) is 24.3 Å². The highest BCUT2D eigenvalue weighted by molar-refractivity contribution is 5.98. The molecule has 0 atom stereocenters. The van der Waals surface area contributed by atoms with Gasteiger partial charge in [-0.25, -0.2) is 0 Å². The van der Waals surface area contributed by atoms with Crippen molar-refractivity contribution in [1.82, 2.24) is 15.2 Å². The predicted octanol–water partition coefficient (Wildman–Crippen LogP) is 1.18. The Balaban J connectivity index is 2.49. The molecule has 0 bridgehead atoms. The highest BCUT2D eigenvalue weighted by Crippen LogP contribution is 1.96. The molecule has 0 spiro atoms. The van der Waals surface area contributed by atoms with E-state index in [0.29, 0.717) is 5.82 Å². The van der Waals surface area contributed by atoms with Crippen LogP contribution in [0.3, 0.4) is 0 Å². The number of carbonyl (C=O) groups excluding carboxylic acids is 1. The summed E-state index contributed by atoms with van der Waals surface area (Å²) in [6.45, 7) is 3.64. The Morgan fingerprint density at radius 3 is 2.86 bits per heavy atom. The molecule has 74 valence electrons. The number of anilines is 1. The van der Waals surface area contributed by atoms with Gasteiger partial charge in [0.05, 0.1) is 0 Å². The van der Waals surface area contributed by atoms with Crippen LogP contribution in [0.5, 0.6) is 0 Å². The number of H-pyrrole nitrogens is 1. The lowest BCUT2D eigenvalue weighted by Crippen LogP contribution is -2.08. The summed E-state index contributed by atoms with van der Waals surface area (Å²) in [4.78, 5) is 15.1. The second kappa shape index (κ2) is 4.96. The monoisotopic (exact) mass is 192 g/mol. The molecule has 0 radical (unpaired) electrons. The molecule has 0 saturated heterocycles. The molecule has 5 nitrogen and oxygen atoms in total. The molecular formula is C9H12N4O. The van der Waals surface area contributed by atoms with Crippen LogP contribution in [-0.2, 0) is 4.79 Å². The molecule has 1 heterocycles. The summed E-state index contributed by atoms with van der Waals surface area (Å²) >= 11 is 0. The van der Waals surface area contributed by atoms with Crippen LogP contribution in [-0.4, -0.2) is 21.1 Å². The number of aromatic amines is 1. The number of aryl methyl sites for hydroxylation is 1. The van der Waals surface area contributed by atoms with Gasteiger partial charge in [-0.05, 0) is 13.8 Å². The van der Waals surface area contributed by atoms with Crippen molar-refractivity contribution in [1.29, 1.82) is 0 Å². The molecule has 0 aliphatic heterocycles. The van der Waals surface area contributed by atoms with Crippen LogP contribution < -0.4 is 5.32 Å². The number of rotatable bonds is 3. The van der Waals surface area contributed by atoms with E-state index in [-0.39, 0.29) is 11.9 Å². The second-order valence-electron chi connectivity index (χ2n) is 2.62. The Labute approximate surface area is 81.9 Å². The van der Waals surface area contributed by atoms with Crippen molar-refractivity contribution in [2.24, 2.45) is 0 Å². The van der Waals surface area contributed by atoms with Gasteiger partial charge in [0.2, 0.25) is 5.95 Å². The summed E-state index contributed by atoms with van der Waals surface area (Å²) in [5, 5.41) is 8.90. The number of nitrogens with zero attached hydrogens (tertiary/aromatic N) is 2. The zero-order valence-electron chi connectivity index (χ0n) is 8.11. The highest BCUT2D eigenvalue weighted by atomic mass is 16.1. The van der Waals surface area contributed by atoms with Crippen molar-refractivity contribution in [3.8, 4) is 0 Å². The Morgan fingerprint density at radius 1 is 1.50 bits per heavy atom. The molecule has 1 aromatic heterocycles. The zero-order chi connectivity index (χ0) is 10.4. The van der Waals surface area contributed by atoms with E-state index in [1.54, 1.807) is 19.1 Å². The van der Waals surface area contributed by atoms with Crippen LogP contribution in [0.2, 0.25) is 0 Å². The molecule has 0 fully saturated rings. The lowest BCUT2D eigenvalue weighted by Gasteiger charge is -1.92. The molecule has 14 heavy (non-hydrogen) atoms. The topological polar surface area (TPSA) is 70.7 Å². The van der Waals surface area contributed by atoms with Crippen molar-refractivity contribution >= 4 is 11.9 Å². The van der Waals surface area contributed by atoms with Gasteiger partial charge in [-0.3, -0.25) is 15.2 Å². The Kier molecular flexibility index (Phi) is 3.60. The summed E-state index contributed by atoms with van der Waals surface area (Å²) in [7, 11) is 0. The molecule has 0 unspecified atom stereocenters. The van der Waals surface area contributed by atoms with Gasteiger partial charge in [0.25, 0.3) is 5.91 Å². The SMILES string of the molecule is CC=CC=CC(=O)Nc1n[nH]c(C)n1. The van der Waals surface area contributed by atoms with Crippen LogP contribution >= 0.6 is 0 Å². The van der Waals surface area contributed by atoms with Gasteiger partial charge in [0.1, 0.15) is 5.82 Å². The average Bonchev–Trinajstić information content (AvgIpc) is 2.52. The first kappa shape index (κ1) is 10.2. The third-order valence-corrected chi connectivity index (χ3v) is 1.38. The maximum absolute atomic E-state index is 11.2. The van der Waals surface area contributed by atoms with Crippen LogP contribution in [0.25, 0.3) is 0 Å². The molecule has 1 amide bonds. The lowest BCUT2D eigenvalue weighted by molar-refractivity contribution is -0.111. The van der Waals surface area contributed by atoms with E-state index in [0.717, 1.165) is 0 Å². The minimum atomic E-state index is -0.248. The maximum Gasteiger partial charge on any atom is 0.250 e. The number of allylic oxidation sites excluding steroid dienone is 3. The smallest absolute Gasteiger partial charge is 0.250 e. The molecular weight excluding hydrogens is 180 g/mol. The summed E-state index contributed by atoms with van der Waals surface area (Å²) in [6.07, 6.45) is 6.66. The van der Waals surface area contributed by atoms with E-state index < -0.39 is 0 Å². The minimum Gasteiger partial charge on any atom is -0.290 e. The van der Waals surface area contributed by atoms with E-state index in [1.165, 1.54) is 6.08 Å². The van der Waals surface area contributed by atoms with E-state index in [1.807, 2.05) is 13.0 Å². The Morgan fingerprint density at radius 2 is 2.29 bits per heavy atom. The van der Waals surface area contributed by atoms with Gasteiger partial charge in [-0.1, -0.05) is 18.2 Å². The molecule has 0 aliphatic rings. The van der Waals surface area contributed by atoms with Gasteiger partial charge in [-0.15, -0.1) is 5.10 Å². The molecule has 1 rings (SSSR count). The summed E-state index contributed by atoms with van der Waals surface area (Å²) in [5.74, 6) is 0.706. The number of carbonyl (C=O) groups is 1. The molecule has 0 saturated carbocycles. The van der Waals surface area contributed by atoms with Crippen LogP contribution in [0.1, 0.15) is 12.7 Å². The van der Waals surface area contributed by atoms with Crippen molar-refractivity contribution in [3.63, 3.8) is 0 Å². The second-order valence-corrected chi connectivity index (χ2v) is 2.62. The van der Waals surface area contributed by atoms with Gasteiger partial charge in [0.15, 0.2) is 0 Å². The zero-order valence-corrected chi connectivity index (χ0v) is 8.11. The van der Waals surface area contributed by atoms with Crippen molar-refractivity contribution < 1.29 is 4.79 Å². The quantitative estimate of drug-likeness (QED) is 0.558. The molecule has 5 heteroatoms. The van der Waals surface area contributed by atoms with E-state index in [4.69, 9.17) is 0 Å². The fraction of sp³-hybridized carbons (Fsp3) is 0.222. The van der Waals surface area contributed by atoms with Crippen LogP contribution in [0, 0.1) is 6.92 Å². The van der Waals surface area contributed by atoms with Crippen molar-refractivity contribution in [3.05, 3.63) is 30.1 Å².